The number of rotatable bonds is 2. The molecule has 3 heterocycles. The van der Waals surface area contributed by atoms with Gasteiger partial charge in [0.1, 0.15) is 10.8 Å². The van der Waals surface area contributed by atoms with Gasteiger partial charge in [0.15, 0.2) is 10.8 Å². The van der Waals surface area contributed by atoms with E-state index in [-0.39, 0.29) is 5.16 Å². The fourth-order valence-electron chi connectivity index (χ4n) is 1.63. The average Bonchev–Trinajstić information content (AvgIpc) is 2.84. The van der Waals surface area contributed by atoms with Gasteiger partial charge in [-0.05, 0) is 11.8 Å². The number of nitrogens with zero attached hydrogens (tertiary/aromatic N) is 5. The van der Waals surface area contributed by atoms with Crippen molar-refractivity contribution in [3.8, 4) is 0 Å². The molecule has 0 amide bonds. The second-order valence-electron chi connectivity index (χ2n) is 3.93. The summed E-state index contributed by atoms with van der Waals surface area (Å²) in [6.07, 6.45) is 4.97. The van der Waals surface area contributed by atoms with Gasteiger partial charge >= 0.3 is 11.1 Å². The van der Waals surface area contributed by atoms with E-state index in [0.29, 0.717) is 16.5 Å². The minimum absolute atomic E-state index is 0.289. The molecule has 0 bridgehead atoms. The van der Waals surface area contributed by atoms with Gasteiger partial charge in [-0.3, -0.25) is 19.4 Å². The molecule has 3 N–H and O–H groups in total. The van der Waals surface area contributed by atoms with Gasteiger partial charge in [0, 0.05) is 19.4 Å². The van der Waals surface area contributed by atoms with Crippen molar-refractivity contribution in [2.45, 2.75) is 10.2 Å². The third kappa shape index (κ3) is 2.05. The largest absolute Gasteiger partial charge is 0.382 e. The molecule has 3 aromatic heterocycles. The Labute approximate surface area is 115 Å². The number of nitrogens with one attached hydrogen (secondary N) is 1. The number of fused-ring (bicyclic) bond motifs is 1. The van der Waals surface area contributed by atoms with E-state index in [0.717, 1.165) is 11.8 Å². The minimum atomic E-state index is -0.853. The molecule has 20 heavy (non-hydrogen) atoms. The summed E-state index contributed by atoms with van der Waals surface area (Å²) < 4.78 is 3.06. The first-order chi connectivity index (χ1) is 9.54. The Morgan fingerprint density at radius 2 is 2.15 bits per heavy atom. The van der Waals surface area contributed by atoms with E-state index in [1.807, 2.05) is 0 Å². The SMILES string of the molecule is Cn1[nH]c(=O)c(=O)nc1Sc1nc(N)cn2ccnc12. The summed E-state index contributed by atoms with van der Waals surface area (Å²) in [6.45, 7) is 0. The summed E-state index contributed by atoms with van der Waals surface area (Å²) in [5.41, 5.74) is 4.67. The lowest BCUT2D eigenvalue weighted by atomic mass is 10.6. The third-order valence-electron chi connectivity index (χ3n) is 2.50. The third-order valence-corrected chi connectivity index (χ3v) is 3.51. The molecular formula is C10H9N7O2S. The van der Waals surface area contributed by atoms with Gasteiger partial charge in [0.05, 0.1) is 6.20 Å². The lowest BCUT2D eigenvalue weighted by Crippen LogP contribution is -2.33. The highest BCUT2D eigenvalue weighted by molar-refractivity contribution is 7.99. The van der Waals surface area contributed by atoms with Crippen LogP contribution in [-0.4, -0.2) is 29.1 Å². The van der Waals surface area contributed by atoms with Crippen molar-refractivity contribution >= 4 is 23.2 Å². The monoisotopic (exact) mass is 291 g/mol. The molecular weight excluding hydrogens is 282 g/mol. The Kier molecular flexibility index (Phi) is 2.79. The number of anilines is 1. The zero-order valence-electron chi connectivity index (χ0n) is 10.3. The molecule has 0 radical (unpaired) electrons. The topological polar surface area (TPSA) is 124 Å². The normalized spacial score (nSPS) is 11.1. The molecule has 0 saturated carbocycles. The van der Waals surface area contributed by atoms with Gasteiger partial charge in [-0.15, -0.1) is 0 Å². The molecule has 3 aromatic rings. The second kappa shape index (κ2) is 4.49. The van der Waals surface area contributed by atoms with E-state index in [4.69, 9.17) is 5.73 Å². The minimum Gasteiger partial charge on any atom is -0.382 e. The zero-order valence-corrected chi connectivity index (χ0v) is 11.1. The maximum Gasteiger partial charge on any atom is 0.339 e. The lowest BCUT2D eigenvalue weighted by Gasteiger charge is -2.06. The number of aromatic nitrogens is 6. The highest BCUT2D eigenvalue weighted by Gasteiger charge is 2.12. The van der Waals surface area contributed by atoms with E-state index < -0.39 is 11.1 Å². The van der Waals surface area contributed by atoms with Gasteiger partial charge in [-0.1, -0.05) is 0 Å². The maximum absolute atomic E-state index is 11.3. The molecule has 0 aromatic carbocycles. The van der Waals surface area contributed by atoms with E-state index in [1.54, 1.807) is 30.0 Å². The quantitative estimate of drug-likeness (QED) is 0.595. The van der Waals surface area contributed by atoms with Gasteiger partial charge < -0.3 is 10.1 Å². The van der Waals surface area contributed by atoms with Crippen molar-refractivity contribution in [1.29, 1.82) is 0 Å². The number of nitrogen functional groups attached to an aromatic ring is 1. The first kappa shape index (κ1) is 12.4. The summed E-state index contributed by atoms with van der Waals surface area (Å²) in [7, 11) is 1.57. The highest BCUT2D eigenvalue weighted by Crippen LogP contribution is 2.26. The molecule has 0 fully saturated rings. The Hall–Kier alpha value is -2.62. The van der Waals surface area contributed by atoms with E-state index >= 15 is 0 Å². The van der Waals surface area contributed by atoms with Crippen LogP contribution in [0.2, 0.25) is 0 Å². The smallest absolute Gasteiger partial charge is 0.339 e. The number of aromatic amines is 1. The molecule has 3 rings (SSSR count). The van der Waals surface area contributed by atoms with E-state index in [9.17, 15) is 9.59 Å². The Bertz CT molecular complexity index is 910. The van der Waals surface area contributed by atoms with Crippen LogP contribution in [0.25, 0.3) is 5.65 Å². The van der Waals surface area contributed by atoms with Crippen LogP contribution in [0.4, 0.5) is 5.82 Å². The van der Waals surface area contributed by atoms with Crippen molar-refractivity contribution in [2.75, 3.05) is 5.73 Å². The van der Waals surface area contributed by atoms with E-state index in [1.165, 1.54) is 4.68 Å². The van der Waals surface area contributed by atoms with Crippen molar-refractivity contribution in [3.63, 3.8) is 0 Å². The number of H-pyrrole nitrogens is 1. The number of aryl methyl sites for hydroxylation is 1. The number of nitrogens with two attached hydrogens (primary N) is 1. The van der Waals surface area contributed by atoms with Crippen molar-refractivity contribution < 1.29 is 0 Å². The average molecular weight is 291 g/mol. The Morgan fingerprint density at radius 1 is 1.35 bits per heavy atom. The second-order valence-corrected chi connectivity index (χ2v) is 4.89. The summed E-state index contributed by atoms with van der Waals surface area (Å²) in [5, 5.41) is 3.14. The molecule has 0 aliphatic carbocycles. The summed E-state index contributed by atoms with van der Waals surface area (Å²) in [5.74, 6) is 0.312. The van der Waals surface area contributed by atoms with Crippen molar-refractivity contribution in [1.82, 2.24) is 29.1 Å². The molecule has 0 atom stereocenters. The molecule has 0 saturated heterocycles. The van der Waals surface area contributed by atoms with Crippen molar-refractivity contribution in [2.24, 2.45) is 7.05 Å². The number of imidazole rings is 1. The molecule has 0 aliphatic heterocycles. The molecule has 0 unspecified atom stereocenters. The molecule has 9 nitrogen and oxygen atoms in total. The van der Waals surface area contributed by atoms with E-state index in [2.05, 4.69) is 20.1 Å². The fraction of sp³-hybridized carbons (Fsp3) is 0.100. The predicted octanol–water partition coefficient (Wildman–Crippen LogP) is -0.755. The van der Waals surface area contributed by atoms with Crippen molar-refractivity contribution in [3.05, 3.63) is 39.3 Å². The molecule has 10 heteroatoms. The standard InChI is InChI=1S/C10H9N7O2S/c1-16-10(14-7(18)8(19)15-16)20-9-6-12-2-3-17(6)4-5(11)13-9/h2-4H,11H2,1H3,(H,15,19). The number of hydrogen-bond donors (Lipinski definition) is 2. The maximum atomic E-state index is 11.3. The van der Waals surface area contributed by atoms with Gasteiger partial charge in [0.25, 0.3) is 0 Å². The van der Waals surface area contributed by atoms with Crippen LogP contribution in [0.3, 0.4) is 0 Å². The van der Waals surface area contributed by atoms with Gasteiger partial charge in [-0.2, -0.15) is 4.98 Å². The van der Waals surface area contributed by atoms with Crippen LogP contribution in [-0.2, 0) is 7.05 Å². The molecule has 0 aliphatic rings. The molecule has 102 valence electrons. The predicted molar refractivity (Wildman–Crippen MR) is 71.6 cm³/mol. The zero-order chi connectivity index (χ0) is 14.3. The van der Waals surface area contributed by atoms with Gasteiger partial charge in [-0.25, -0.2) is 9.97 Å². The summed E-state index contributed by atoms with van der Waals surface area (Å²) in [6, 6.07) is 0. The highest BCUT2D eigenvalue weighted by atomic mass is 32.2. The van der Waals surface area contributed by atoms with Gasteiger partial charge in [0.2, 0.25) is 0 Å². The van der Waals surface area contributed by atoms with Crippen LogP contribution < -0.4 is 16.9 Å². The fourth-order valence-corrected chi connectivity index (χ4v) is 2.51. The molecule has 0 spiro atoms. The summed E-state index contributed by atoms with van der Waals surface area (Å²) in [4.78, 5) is 34.5. The first-order valence-electron chi connectivity index (χ1n) is 5.49. The summed E-state index contributed by atoms with van der Waals surface area (Å²) >= 11 is 1.09. The van der Waals surface area contributed by atoms with Crippen LogP contribution in [0.5, 0.6) is 0 Å². The Balaban J connectivity index is 2.14. The first-order valence-corrected chi connectivity index (χ1v) is 6.30. The van der Waals surface area contributed by atoms with Crippen LogP contribution in [0.15, 0.2) is 38.4 Å². The lowest BCUT2D eigenvalue weighted by molar-refractivity contribution is 0.596. The Morgan fingerprint density at radius 3 is 2.95 bits per heavy atom. The number of hydrogen-bond acceptors (Lipinski definition) is 7. The van der Waals surface area contributed by atoms with Crippen LogP contribution >= 0.6 is 11.8 Å². The van der Waals surface area contributed by atoms with Crippen LogP contribution in [0.1, 0.15) is 0 Å². The van der Waals surface area contributed by atoms with Crippen LogP contribution in [0, 0.1) is 0 Å².